The van der Waals surface area contributed by atoms with Crippen LogP contribution in [-0.4, -0.2) is 19.7 Å². The van der Waals surface area contributed by atoms with Crippen LogP contribution in [-0.2, 0) is 13.6 Å². The molecule has 0 aromatic carbocycles. The molecule has 0 amide bonds. The number of halogens is 2. The summed E-state index contributed by atoms with van der Waals surface area (Å²) in [7, 11) is 1.90. The van der Waals surface area contributed by atoms with Gasteiger partial charge in [-0.2, -0.15) is 5.10 Å². The Bertz CT molecular complexity index is 537. The Hall–Kier alpha value is -1.33. The van der Waals surface area contributed by atoms with E-state index in [-0.39, 0.29) is 5.28 Å². The summed E-state index contributed by atoms with van der Waals surface area (Å²) in [5.74, 6) is 0. The van der Waals surface area contributed by atoms with E-state index in [0.29, 0.717) is 17.4 Å². The predicted molar refractivity (Wildman–Crippen MR) is 67.3 cm³/mol. The van der Waals surface area contributed by atoms with Crippen LogP contribution in [0.4, 0.5) is 5.69 Å². The van der Waals surface area contributed by atoms with Gasteiger partial charge in [0.05, 0.1) is 18.1 Å². The van der Waals surface area contributed by atoms with Gasteiger partial charge in [0.15, 0.2) is 5.15 Å². The first-order chi connectivity index (χ1) is 8.08. The number of nitrogens with one attached hydrogen (secondary N) is 1. The summed E-state index contributed by atoms with van der Waals surface area (Å²) >= 11 is 11.5. The molecule has 2 rings (SSSR count). The highest BCUT2D eigenvalue weighted by Gasteiger charge is 2.06. The second-order valence-electron chi connectivity index (χ2n) is 3.58. The molecule has 17 heavy (non-hydrogen) atoms. The molecule has 0 radical (unpaired) electrons. The lowest BCUT2D eigenvalue weighted by atomic mass is 10.2. The largest absolute Gasteiger partial charge is 0.377 e. The second-order valence-corrected chi connectivity index (χ2v) is 4.27. The number of hydrogen-bond donors (Lipinski definition) is 1. The van der Waals surface area contributed by atoms with Crippen LogP contribution in [0.1, 0.15) is 11.3 Å². The van der Waals surface area contributed by atoms with E-state index in [1.54, 1.807) is 6.20 Å². The van der Waals surface area contributed by atoms with Crippen LogP contribution in [0, 0.1) is 6.92 Å². The van der Waals surface area contributed by atoms with Gasteiger partial charge in [-0.15, -0.1) is 0 Å². The van der Waals surface area contributed by atoms with E-state index >= 15 is 0 Å². The quantitative estimate of drug-likeness (QED) is 0.688. The molecule has 7 heteroatoms. The van der Waals surface area contributed by atoms with Crippen molar-refractivity contribution in [2.75, 3.05) is 5.32 Å². The van der Waals surface area contributed by atoms with Gasteiger partial charge in [0.1, 0.15) is 0 Å². The van der Waals surface area contributed by atoms with Crippen LogP contribution in [0.2, 0.25) is 10.4 Å². The molecule has 90 valence electrons. The zero-order chi connectivity index (χ0) is 12.4. The summed E-state index contributed by atoms with van der Waals surface area (Å²) in [6.45, 7) is 2.62. The van der Waals surface area contributed by atoms with E-state index in [0.717, 1.165) is 11.3 Å². The van der Waals surface area contributed by atoms with Gasteiger partial charge in [-0.25, -0.2) is 9.97 Å². The maximum absolute atomic E-state index is 5.92. The van der Waals surface area contributed by atoms with E-state index in [9.17, 15) is 0 Å². The van der Waals surface area contributed by atoms with Gasteiger partial charge >= 0.3 is 0 Å². The minimum absolute atomic E-state index is 0.137. The monoisotopic (exact) mass is 271 g/mol. The number of nitrogens with zero attached hydrogens (tertiary/aromatic N) is 4. The van der Waals surface area contributed by atoms with E-state index in [1.165, 1.54) is 0 Å². The Balaban J connectivity index is 2.10. The van der Waals surface area contributed by atoms with Crippen LogP contribution >= 0.6 is 23.2 Å². The van der Waals surface area contributed by atoms with Crippen LogP contribution in [0.25, 0.3) is 0 Å². The Kier molecular flexibility index (Phi) is 3.49. The Morgan fingerprint density at radius 3 is 2.71 bits per heavy atom. The fraction of sp³-hybridized carbons (Fsp3) is 0.300. The third-order valence-electron chi connectivity index (χ3n) is 2.52. The van der Waals surface area contributed by atoms with Gasteiger partial charge in [-0.1, -0.05) is 11.6 Å². The molecular weight excluding hydrogens is 261 g/mol. The number of hydrogen-bond acceptors (Lipinski definition) is 4. The van der Waals surface area contributed by atoms with E-state index in [2.05, 4.69) is 20.4 Å². The minimum atomic E-state index is 0.137. The molecule has 2 aromatic rings. The fourth-order valence-corrected chi connectivity index (χ4v) is 1.74. The van der Waals surface area contributed by atoms with Crippen molar-refractivity contribution < 1.29 is 0 Å². The number of aromatic nitrogens is 4. The average Bonchev–Trinajstić information content (AvgIpc) is 2.59. The maximum atomic E-state index is 5.92. The Morgan fingerprint density at radius 1 is 1.35 bits per heavy atom. The van der Waals surface area contributed by atoms with Crippen molar-refractivity contribution in [3.05, 3.63) is 34.1 Å². The summed E-state index contributed by atoms with van der Waals surface area (Å²) in [6, 6.07) is 0. The molecule has 0 atom stereocenters. The highest BCUT2D eigenvalue weighted by Crippen LogP contribution is 2.20. The van der Waals surface area contributed by atoms with E-state index in [1.807, 2.05) is 24.9 Å². The number of aryl methyl sites for hydroxylation is 1. The molecule has 0 saturated carbocycles. The van der Waals surface area contributed by atoms with Gasteiger partial charge in [0.25, 0.3) is 0 Å². The standard InChI is InChI=1S/C10H11Cl2N5/c1-6-7(4-15-17(6)2)3-13-8-5-14-10(12)16-9(8)11/h4-5,13H,3H2,1-2H3. The molecule has 0 aliphatic rings. The molecule has 1 N–H and O–H groups in total. The fourth-order valence-electron chi connectivity index (χ4n) is 1.37. The molecule has 0 bridgehead atoms. The molecule has 2 aromatic heterocycles. The van der Waals surface area contributed by atoms with Gasteiger partial charge in [0, 0.05) is 24.8 Å². The highest BCUT2D eigenvalue weighted by molar-refractivity contribution is 6.33. The second kappa shape index (κ2) is 4.89. The highest BCUT2D eigenvalue weighted by atomic mass is 35.5. The van der Waals surface area contributed by atoms with Crippen LogP contribution in [0.3, 0.4) is 0 Å². The summed E-state index contributed by atoms with van der Waals surface area (Å²) < 4.78 is 1.82. The van der Waals surface area contributed by atoms with Crippen molar-refractivity contribution >= 4 is 28.9 Å². The van der Waals surface area contributed by atoms with Crippen molar-refractivity contribution in [1.82, 2.24) is 19.7 Å². The summed E-state index contributed by atoms with van der Waals surface area (Å²) in [5, 5.41) is 7.75. The summed E-state index contributed by atoms with van der Waals surface area (Å²) in [6.07, 6.45) is 3.37. The molecular formula is C10H11Cl2N5. The van der Waals surface area contributed by atoms with Crippen LogP contribution in [0.5, 0.6) is 0 Å². The molecule has 2 heterocycles. The lowest BCUT2D eigenvalue weighted by molar-refractivity contribution is 0.738. The van der Waals surface area contributed by atoms with Gasteiger partial charge in [-0.3, -0.25) is 4.68 Å². The summed E-state index contributed by atoms with van der Waals surface area (Å²) in [4.78, 5) is 7.72. The zero-order valence-electron chi connectivity index (χ0n) is 9.41. The molecule has 0 saturated heterocycles. The SMILES string of the molecule is Cc1c(CNc2cnc(Cl)nc2Cl)cnn1C. The maximum Gasteiger partial charge on any atom is 0.223 e. The minimum Gasteiger partial charge on any atom is -0.377 e. The van der Waals surface area contributed by atoms with Gasteiger partial charge in [0.2, 0.25) is 5.28 Å². The molecule has 5 nitrogen and oxygen atoms in total. The summed E-state index contributed by atoms with van der Waals surface area (Å²) in [5.41, 5.74) is 2.85. The topological polar surface area (TPSA) is 55.6 Å². The molecule has 0 unspecified atom stereocenters. The third kappa shape index (κ3) is 2.68. The third-order valence-corrected chi connectivity index (χ3v) is 2.99. The normalized spacial score (nSPS) is 10.6. The van der Waals surface area contributed by atoms with E-state index < -0.39 is 0 Å². The van der Waals surface area contributed by atoms with Crippen molar-refractivity contribution in [1.29, 1.82) is 0 Å². The average molecular weight is 272 g/mol. The van der Waals surface area contributed by atoms with Crippen LogP contribution in [0.15, 0.2) is 12.4 Å². The van der Waals surface area contributed by atoms with Crippen LogP contribution < -0.4 is 5.32 Å². The van der Waals surface area contributed by atoms with E-state index in [4.69, 9.17) is 23.2 Å². The van der Waals surface area contributed by atoms with Crippen molar-refractivity contribution in [2.24, 2.45) is 7.05 Å². The first-order valence-electron chi connectivity index (χ1n) is 4.97. The van der Waals surface area contributed by atoms with Gasteiger partial charge < -0.3 is 5.32 Å². The van der Waals surface area contributed by atoms with Gasteiger partial charge in [-0.05, 0) is 18.5 Å². The zero-order valence-corrected chi connectivity index (χ0v) is 10.9. The number of rotatable bonds is 3. The van der Waals surface area contributed by atoms with Crippen molar-refractivity contribution in [3.63, 3.8) is 0 Å². The smallest absolute Gasteiger partial charge is 0.223 e. The first-order valence-corrected chi connectivity index (χ1v) is 5.73. The lowest BCUT2D eigenvalue weighted by Crippen LogP contribution is -2.03. The number of anilines is 1. The lowest BCUT2D eigenvalue weighted by Gasteiger charge is -2.06. The first kappa shape index (κ1) is 12.1. The molecule has 0 aliphatic heterocycles. The van der Waals surface area contributed by atoms with Crippen molar-refractivity contribution in [2.45, 2.75) is 13.5 Å². The molecule has 0 fully saturated rings. The molecule has 0 spiro atoms. The van der Waals surface area contributed by atoms with Crippen molar-refractivity contribution in [3.8, 4) is 0 Å². The Labute approximate surface area is 109 Å². The predicted octanol–water partition coefficient (Wildman–Crippen LogP) is 2.44. The molecule has 0 aliphatic carbocycles. The Morgan fingerprint density at radius 2 is 2.12 bits per heavy atom.